The van der Waals surface area contributed by atoms with E-state index in [9.17, 15) is 9.59 Å². The molecule has 1 atom stereocenters. The van der Waals surface area contributed by atoms with Crippen molar-refractivity contribution in [3.8, 4) is 0 Å². The molecule has 4 nitrogen and oxygen atoms in total. The summed E-state index contributed by atoms with van der Waals surface area (Å²) in [6, 6.07) is 0.326. The van der Waals surface area contributed by atoms with E-state index >= 15 is 0 Å². The first-order valence-corrected chi connectivity index (χ1v) is 5.23. The molecule has 4 heteroatoms. The number of aliphatic carboxylic acids is 1. The number of carbonyl (C=O) groups is 2. The van der Waals surface area contributed by atoms with Crippen LogP contribution >= 0.6 is 0 Å². The monoisotopic (exact) mass is 197 g/mol. The van der Waals surface area contributed by atoms with Crippen molar-refractivity contribution < 1.29 is 14.7 Å². The zero-order valence-electron chi connectivity index (χ0n) is 8.11. The Morgan fingerprint density at radius 3 is 2.43 bits per heavy atom. The lowest BCUT2D eigenvalue weighted by Crippen LogP contribution is -2.59. The minimum Gasteiger partial charge on any atom is -0.481 e. The summed E-state index contributed by atoms with van der Waals surface area (Å²) in [7, 11) is 0. The van der Waals surface area contributed by atoms with Crippen LogP contribution in [0.4, 0.5) is 0 Å². The highest BCUT2D eigenvalue weighted by atomic mass is 16.4. The third kappa shape index (κ3) is 1.49. The van der Waals surface area contributed by atoms with Gasteiger partial charge >= 0.3 is 5.97 Å². The average Bonchev–Trinajstić information content (AvgIpc) is 2.17. The number of carboxylic acid groups (broad SMARTS) is 1. The van der Waals surface area contributed by atoms with Gasteiger partial charge in [0, 0.05) is 12.6 Å². The van der Waals surface area contributed by atoms with Gasteiger partial charge in [0.05, 0.1) is 0 Å². The van der Waals surface area contributed by atoms with Gasteiger partial charge in [-0.3, -0.25) is 9.59 Å². The van der Waals surface area contributed by atoms with Gasteiger partial charge in [-0.15, -0.1) is 0 Å². The van der Waals surface area contributed by atoms with Gasteiger partial charge in [-0.05, 0) is 12.8 Å². The molecule has 2 rings (SSSR count). The molecule has 1 aliphatic heterocycles. The van der Waals surface area contributed by atoms with Crippen molar-refractivity contribution in [3.05, 3.63) is 0 Å². The Morgan fingerprint density at radius 2 is 1.93 bits per heavy atom. The molecule has 2 fully saturated rings. The molecule has 1 N–H and O–H groups in total. The van der Waals surface area contributed by atoms with Crippen molar-refractivity contribution in [2.45, 2.75) is 38.1 Å². The zero-order valence-corrected chi connectivity index (χ0v) is 8.11. The summed E-state index contributed by atoms with van der Waals surface area (Å²) in [4.78, 5) is 23.8. The van der Waals surface area contributed by atoms with Crippen LogP contribution in [-0.2, 0) is 9.59 Å². The zero-order chi connectivity index (χ0) is 10.1. The quantitative estimate of drug-likeness (QED) is 0.527. The van der Waals surface area contributed by atoms with Crippen LogP contribution in [0.3, 0.4) is 0 Å². The van der Waals surface area contributed by atoms with Crippen LogP contribution < -0.4 is 0 Å². The predicted molar refractivity (Wildman–Crippen MR) is 49.7 cm³/mol. The van der Waals surface area contributed by atoms with E-state index in [4.69, 9.17) is 5.11 Å². The van der Waals surface area contributed by atoms with E-state index in [0.717, 1.165) is 12.8 Å². The number of likely N-dealkylation sites (tertiary alicyclic amines) is 1. The number of carboxylic acids is 1. The Labute approximate surface area is 82.9 Å². The van der Waals surface area contributed by atoms with Crippen LogP contribution in [0.5, 0.6) is 0 Å². The fourth-order valence-electron chi connectivity index (χ4n) is 2.36. The Morgan fingerprint density at radius 1 is 1.29 bits per heavy atom. The van der Waals surface area contributed by atoms with Gasteiger partial charge in [0.2, 0.25) is 5.91 Å². The molecule has 14 heavy (non-hydrogen) atoms. The molecule has 2 aliphatic rings. The van der Waals surface area contributed by atoms with Gasteiger partial charge in [0.1, 0.15) is 0 Å². The SMILES string of the molecule is O=C(O)C1CN(C2CCCCC2)C1=O. The molecule has 1 heterocycles. The van der Waals surface area contributed by atoms with Crippen LogP contribution in [0.1, 0.15) is 32.1 Å². The van der Waals surface area contributed by atoms with E-state index in [0.29, 0.717) is 12.6 Å². The normalized spacial score (nSPS) is 28.7. The van der Waals surface area contributed by atoms with E-state index in [1.165, 1.54) is 19.3 Å². The van der Waals surface area contributed by atoms with Crippen molar-refractivity contribution in [2.24, 2.45) is 5.92 Å². The van der Waals surface area contributed by atoms with Crippen molar-refractivity contribution >= 4 is 11.9 Å². The van der Waals surface area contributed by atoms with Gasteiger partial charge in [-0.25, -0.2) is 0 Å². The molecule has 1 unspecified atom stereocenters. The number of rotatable bonds is 2. The number of hydrogen-bond donors (Lipinski definition) is 1. The number of hydrogen-bond acceptors (Lipinski definition) is 2. The van der Waals surface area contributed by atoms with Crippen molar-refractivity contribution in [1.82, 2.24) is 4.90 Å². The van der Waals surface area contributed by atoms with Crippen LogP contribution in [0.15, 0.2) is 0 Å². The van der Waals surface area contributed by atoms with Crippen LogP contribution in [-0.4, -0.2) is 34.5 Å². The molecular formula is C10H15NO3. The van der Waals surface area contributed by atoms with E-state index in [1.54, 1.807) is 4.90 Å². The highest BCUT2D eigenvalue weighted by molar-refractivity contribution is 6.01. The summed E-state index contributed by atoms with van der Waals surface area (Å²) in [6.45, 7) is 0.429. The van der Waals surface area contributed by atoms with Crippen molar-refractivity contribution in [1.29, 1.82) is 0 Å². The van der Waals surface area contributed by atoms with E-state index in [-0.39, 0.29) is 5.91 Å². The summed E-state index contributed by atoms with van der Waals surface area (Å²) in [6.07, 6.45) is 5.70. The number of β-lactam (4-membered cyclic amide) rings is 1. The standard InChI is InChI=1S/C10H15NO3/c12-9-8(10(13)14)6-11(9)7-4-2-1-3-5-7/h7-8H,1-6H2,(H,13,14). The summed E-state index contributed by atoms with van der Waals surface area (Å²) < 4.78 is 0. The number of carbonyl (C=O) groups excluding carboxylic acids is 1. The van der Waals surface area contributed by atoms with Gasteiger partial charge in [-0.1, -0.05) is 19.3 Å². The molecule has 0 spiro atoms. The first-order valence-electron chi connectivity index (χ1n) is 5.23. The van der Waals surface area contributed by atoms with Crippen molar-refractivity contribution in [2.75, 3.05) is 6.54 Å². The second kappa shape index (κ2) is 3.59. The smallest absolute Gasteiger partial charge is 0.317 e. The molecule has 1 saturated carbocycles. The third-order valence-electron chi connectivity index (χ3n) is 3.27. The second-order valence-electron chi connectivity index (χ2n) is 4.17. The molecule has 1 saturated heterocycles. The Balaban J connectivity index is 1.90. The molecule has 0 aromatic carbocycles. The molecule has 0 aromatic heterocycles. The maximum absolute atomic E-state index is 11.4. The lowest BCUT2D eigenvalue weighted by atomic mass is 9.88. The topological polar surface area (TPSA) is 57.6 Å². The van der Waals surface area contributed by atoms with Crippen LogP contribution in [0.2, 0.25) is 0 Å². The van der Waals surface area contributed by atoms with Crippen molar-refractivity contribution in [3.63, 3.8) is 0 Å². The van der Waals surface area contributed by atoms with E-state index < -0.39 is 11.9 Å². The highest BCUT2D eigenvalue weighted by Crippen LogP contribution is 2.29. The maximum Gasteiger partial charge on any atom is 0.317 e. The summed E-state index contributed by atoms with van der Waals surface area (Å²) >= 11 is 0. The second-order valence-corrected chi connectivity index (χ2v) is 4.17. The van der Waals surface area contributed by atoms with Gasteiger partial charge in [0.25, 0.3) is 0 Å². The van der Waals surface area contributed by atoms with E-state index in [2.05, 4.69) is 0 Å². The molecule has 1 aliphatic carbocycles. The molecule has 0 radical (unpaired) electrons. The Bertz CT molecular complexity index is 258. The summed E-state index contributed by atoms with van der Waals surface area (Å²) in [5.41, 5.74) is 0. The fourth-order valence-corrected chi connectivity index (χ4v) is 2.36. The molecule has 78 valence electrons. The fraction of sp³-hybridized carbons (Fsp3) is 0.800. The van der Waals surface area contributed by atoms with Crippen LogP contribution in [0, 0.1) is 5.92 Å². The Hall–Kier alpha value is -1.06. The summed E-state index contributed by atoms with van der Waals surface area (Å²) in [5.74, 6) is -1.90. The first kappa shape index (κ1) is 9.49. The van der Waals surface area contributed by atoms with E-state index in [1.807, 2.05) is 0 Å². The third-order valence-corrected chi connectivity index (χ3v) is 3.27. The molecule has 0 aromatic rings. The highest BCUT2D eigenvalue weighted by Gasteiger charge is 2.45. The minimum absolute atomic E-state index is 0.176. The molecule has 0 bridgehead atoms. The number of amides is 1. The predicted octanol–water partition coefficient (Wildman–Crippen LogP) is 0.862. The Kier molecular flexibility index (Phi) is 2.44. The largest absolute Gasteiger partial charge is 0.481 e. The van der Waals surface area contributed by atoms with Gasteiger partial charge in [-0.2, -0.15) is 0 Å². The minimum atomic E-state index is -0.970. The number of nitrogens with zero attached hydrogens (tertiary/aromatic N) is 1. The first-order chi connectivity index (χ1) is 6.70. The lowest BCUT2D eigenvalue weighted by molar-refractivity contribution is -0.165. The van der Waals surface area contributed by atoms with Gasteiger partial charge < -0.3 is 10.0 Å². The maximum atomic E-state index is 11.4. The molecular weight excluding hydrogens is 182 g/mol. The van der Waals surface area contributed by atoms with Gasteiger partial charge in [0.15, 0.2) is 5.92 Å². The summed E-state index contributed by atoms with van der Waals surface area (Å²) in [5, 5.41) is 8.67. The lowest BCUT2D eigenvalue weighted by Gasteiger charge is -2.43. The average molecular weight is 197 g/mol. The van der Waals surface area contributed by atoms with Crippen LogP contribution in [0.25, 0.3) is 0 Å². The molecule has 1 amide bonds.